The van der Waals surface area contributed by atoms with E-state index in [1.54, 1.807) is 24.4 Å². The molecule has 1 atom stereocenters. The van der Waals surface area contributed by atoms with Crippen molar-refractivity contribution in [1.29, 1.82) is 0 Å². The van der Waals surface area contributed by atoms with Gasteiger partial charge in [-0.25, -0.2) is 4.79 Å². The van der Waals surface area contributed by atoms with Gasteiger partial charge in [0.05, 0.1) is 23.6 Å². The van der Waals surface area contributed by atoms with Gasteiger partial charge in [-0.3, -0.25) is 9.59 Å². The largest absolute Gasteiger partial charge is 0.461 e. The Balaban J connectivity index is 1.83. The van der Waals surface area contributed by atoms with Crippen molar-refractivity contribution >= 4 is 39.0 Å². The van der Waals surface area contributed by atoms with Crippen LogP contribution in [0.2, 0.25) is 0 Å². The molecule has 0 bridgehead atoms. The zero-order chi connectivity index (χ0) is 25.8. The molecular weight excluding hydrogens is 474 g/mol. The number of amides is 1. The summed E-state index contributed by atoms with van der Waals surface area (Å²) in [5, 5.41) is 9.97. The molecule has 8 heteroatoms. The lowest BCUT2D eigenvalue weighted by molar-refractivity contribution is -0.117. The van der Waals surface area contributed by atoms with Crippen molar-refractivity contribution < 1.29 is 14.3 Å². The first-order chi connectivity index (χ1) is 17.3. The molecule has 36 heavy (non-hydrogen) atoms. The molecule has 0 radical (unpaired) electrons. The molecule has 0 saturated carbocycles. The van der Waals surface area contributed by atoms with E-state index in [4.69, 9.17) is 4.74 Å². The Bertz CT molecular complexity index is 1440. The first-order valence-electron chi connectivity index (χ1n) is 12.0. The van der Waals surface area contributed by atoms with E-state index < -0.39 is 11.5 Å². The minimum absolute atomic E-state index is 0.0336. The fourth-order valence-corrected chi connectivity index (χ4v) is 5.06. The van der Waals surface area contributed by atoms with Gasteiger partial charge in [0.15, 0.2) is 5.69 Å². The summed E-state index contributed by atoms with van der Waals surface area (Å²) in [6.45, 7) is 8.00. The lowest BCUT2D eigenvalue weighted by Gasteiger charge is -2.15. The maximum Gasteiger partial charge on any atom is 0.359 e. The molecule has 0 fully saturated rings. The topological polar surface area (TPSA) is 90.3 Å². The highest BCUT2D eigenvalue weighted by Gasteiger charge is 2.25. The van der Waals surface area contributed by atoms with E-state index in [-0.39, 0.29) is 29.5 Å². The Labute approximate surface area is 213 Å². The molecule has 2 aromatic heterocycles. The quantitative estimate of drug-likeness (QED) is 0.303. The van der Waals surface area contributed by atoms with Gasteiger partial charge in [-0.05, 0) is 42.5 Å². The molecule has 4 rings (SSSR count). The van der Waals surface area contributed by atoms with Crippen molar-refractivity contribution in [3.05, 3.63) is 87.2 Å². The number of aromatic nitrogens is 2. The zero-order valence-corrected chi connectivity index (χ0v) is 21.6. The summed E-state index contributed by atoms with van der Waals surface area (Å²) >= 11 is 1.20. The van der Waals surface area contributed by atoms with E-state index in [0.717, 1.165) is 11.1 Å². The predicted octanol–water partition coefficient (Wildman–Crippen LogP) is 5.88. The summed E-state index contributed by atoms with van der Waals surface area (Å²) in [6.07, 6.45) is 0.598. The zero-order valence-electron chi connectivity index (χ0n) is 20.8. The fourth-order valence-electron chi connectivity index (χ4n) is 4.12. The van der Waals surface area contributed by atoms with Crippen LogP contribution in [0.15, 0.2) is 64.8 Å². The molecule has 0 aliphatic carbocycles. The monoisotopic (exact) mass is 503 g/mol. The normalized spacial score (nSPS) is 12.0. The first-order valence-corrected chi connectivity index (χ1v) is 12.9. The summed E-state index contributed by atoms with van der Waals surface area (Å²) in [6, 6.07) is 17.0. The molecule has 186 valence electrons. The predicted molar refractivity (Wildman–Crippen MR) is 143 cm³/mol. The number of benzene rings is 2. The molecule has 1 unspecified atom stereocenters. The number of fused-ring (bicyclic) bond motifs is 1. The minimum Gasteiger partial charge on any atom is -0.461 e. The number of ether oxygens (including phenoxy) is 1. The van der Waals surface area contributed by atoms with Crippen LogP contribution in [0.5, 0.6) is 0 Å². The van der Waals surface area contributed by atoms with E-state index >= 15 is 0 Å². The second-order valence-corrected chi connectivity index (χ2v) is 9.63. The van der Waals surface area contributed by atoms with Gasteiger partial charge in [-0.1, -0.05) is 63.2 Å². The number of rotatable bonds is 8. The molecule has 0 aliphatic rings. The van der Waals surface area contributed by atoms with Gasteiger partial charge in [-0.15, -0.1) is 11.3 Å². The molecule has 0 saturated heterocycles. The number of carbonyl (C=O) groups excluding carboxylic acids is 2. The van der Waals surface area contributed by atoms with Crippen LogP contribution in [0.25, 0.3) is 16.5 Å². The molecular formula is C28H29N3O4S. The number of esters is 1. The Morgan fingerprint density at radius 1 is 1.03 bits per heavy atom. The highest BCUT2D eigenvalue weighted by atomic mass is 32.1. The standard InChI is InChI=1S/C28H29N3O4S/c1-5-21(19-10-8-7-9-11-19)25(32)29-26-23-22(16-36-26)24(28(34)35-6-2)30-31(27(23)33)20-14-12-18(13-15-20)17(3)4/h7-17,21H,5-6H2,1-4H3,(H,29,32). The number of anilines is 1. The molecule has 2 aromatic carbocycles. The van der Waals surface area contributed by atoms with Crippen LogP contribution in [0, 0.1) is 0 Å². The summed E-state index contributed by atoms with van der Waals surface area (Å²) in [5.41, 5.74) is 2.16. The van der Waals surface area contributed by atoms with E-state index in [1.807, 2.05) is 49.4 Å². The van der Waals surface area contributed by atoms with Crippen LogP contribution in [0.3, 0.4) is 0 Å². The number of nitrogens with zero attached hydrogens (tertiary/aromatic N) is 2. The van der Waals surface area contributed by atoms with Crippen molar-refractivity contribution in [2.24, 2.45) is 0 Å². The van der Waals surface area contributed by atoms with Crippen LogP contribution in [-0.4, -0.2) is 28.3 Å². The third kappa shape index (κ3) is 4.95. The molecule has 1 N–H and O–H groups in total. The fraction of sp³-hybridized carbons (Fsp3) is 0.286. The highest BCUT2D eigenvalue weighted by Crippen LogP contribution is 2.32. The van der Waals surface area contributed by atoms with Gasteiger partial charge >= 0.3 is 5.97 Å². The lowest BCUT2D eigenvalue weighted by atomic mass is 9.96. The van der Waals surface area contributed by atoms with Gasteiger partial charge in [-0.2, -0.15) is 9.78 Å². The Kier molecular flexibility index (Phi) is 7.64. The Hall–Kier alpha value is -3.78. The van der Waals surface area contributed by atoms with Crippen molar-refractivity contribution in [2.75, 3.05) is 11.9 Å². The van der Waals surface area contributed by atoms with Crippen molar-refractivity contribution in [2.45, 2.75) is 46.0 Å². The third-order valence-electron chi connectivity index (χ3n) is 6.09. The number of thiophene rings is 1. The Morgan fingerprint density at radius 3 is 2.33 bits per heavy atom. The maximum atomic E-state index is 13.7. The first kappa shape index (κ1) is 25.3. The van der Waals surface area contributed by atoms with E-state index in [9.17, 15) is 14.4 Å². The number of hydrogen-bond donors (Lipinski definition) is 1. The van der Waals surface area contributed by atoms with Crippen molar-refractivity contribution in [3.8, 4) is 5.69 Å². The third-order valence-corrected chi connectivity index (χ3v) is 6.98. The summed E-state index contributed by atoms with van der Waals surface area (Å²) < 4.78 is 6.43. The second-order valence-electron chi connectivity index (χ2n) is 8.75. The molecule has 1 amide bonds. The van der Waals surface area contributed by atoms with Crippen LogP contribution in [-0.2, 0) is 9.53 Å². The summed E-state index contributed by atoms with van der Waals surface area (Å²) in [7, 11) is 0. The average Bonchev–Trinajstić information content (AvgIpc) is 3.29. The minimum atomic E-state index is -0.624. The number of nitrogens with one attached hydrogen (secondary N) is 1. The molecule has 2 heterocycles. The van der Waals surface area contributed by atoms with Gasteiger partial charge in [0.25, 0.3) is 5.56 Å². The summed E-state index contributed by atoms with van der Waals surface area (Å²) in [5.74, 6) is -0.882. The van der Waals surface area contributed by atoms with Crippen LogP contribution >= 0.6 is 11.3 Å². The lowest BCUT2D eigenvalue weighted by Crippen LogP contribution is -2.26. The molecule has 4 aromatic rings. The Morgan fingerprint density at radius 2 is 1.72 bits per heavy atom. The highest BCUT2D eigenvalue weighted by molar-refractivity contribution is 7.16. The smallest absolute Gasteiger partial charge is 0.359 e. The summed E-state index contributed by atoms with van der Waals surface area (Å²) in [4.78, 5) is 39.7. The van der Waals surface area contributed by atoms with Crippen LogP contribution in [0.4, 0.5) is 5.00 Å². The average molecular weight is 504 g/mol. The molecule has 0 spiro atoms. The molecule has 0 aliphatic heterocycles. The van der Waals surface area contributed by atoms with E-state index in [0.29, 0.717) is 28.4 Å². The van der Waals surface area contributed by atoms with Gasteiger partial charge in [0.1, 0.15) is 5.00 Å². The molecule has 7 nitrogen and oxygen atoms in total. The van der Waals surface area contributed by atoms with Crippen molar-refractivity contribution in [1.82, 2.24) is 9.78 Å². The maximum absolute atomic E-state index is 13.7. The second kappa shape index (κ2) is 10.9. The van der Waals surface area contributed by atoms with E-state index in [1.165, 1.54) is 16.0 Å². The van der Waals surface area contributed by atoms with E-state index in [2.05, 4.69) is 24.3 Å². The van der Waals surface area contributed by atoms with Crippen LogP contribution < -0.4 is 10.9 Å². The number of hydrogen-bond acceptors (Lipinski definition) is 6. The van der Waals surface area contributed by atoms with Gasteiger partial charge in [0, 0.05) is 10.8 Å². The van der Waals surface area contributed by atoms with Crippen LogP contribution in [0.1, 0.15) is 67.6 Å². The number of carbonyl (C=O) groups is 2. The SMILES string of the molecule is CCOC(=O)c1nn(-c2ccc(C(C)C)cc2)c(=O)c2c(NC(=O)C(CC)c3ccccc3)scc12. The van der Waals surface area contributed by atoms with Crippen molar-refractivity contribution in [3.63, 3.8) is 0 Å². The van der Waals surface area contributed by atoms with Gasteiger partial charge in [0.2, 0.25) is 5.91 Å². The van der Waals surface area contributed by atoms with Gasteiger partial charge < -0.3 is 10.1 Å².